The van der Waals surface area contributed by atoms with E-state index in [0.717, 1.165) is 10.2 Å². The molecule has 5 heteroatoms. The van der Waals surface area contributed by atoms with Crippen LogP contribution in [-0.2, 0) is 9.16 Å². The monoisotopic (exact) mass is 369 g/mol. The van der Waals surface area contributed by atoms with Gasteiger partial charge in [0.25, 0.3) is 0 Å². The molecule has 1 rings (SSSR count). The Balaban J connectivity index is 2.25. The summed E-state index contributed by atoms with van der Waals surface area (Å²) >= 11 is 3.39. The number of halogens is 1. The van der Waals surface area contributed by atoms with E-state index in [1.807, 2.05) is 12.1 Å². The van der Waals surface area contributed by atoms with Gasteiger partial charge in [-0.25, -0.2) is 4.98 Å². The molecule has 0 atom stereocenters. The Hall–Kier alpha value is -0.673. The number of nitrogens with zero attached hydrogens (tertiary/aromatic N) is 1. The van der Waals surface area contributed by atoms with Crippen molar-refractivity contribution in [3.05, 3.63) is 28.5 Å². The van der Waals surface area contributed by atoms with Gasteiger partial charge in [-0.15, -0.1) is 0 Å². The van der Waals surface area contributed by atoms with Crippen LogP contribution < -0.4 is 0 Å². The second kappa shape index (κ2) is 8.09. The van der Waals surface area contributed by atoms with Crippen LogP contribution >= 0.6 is 15.9 Å². The molecule has 0 saturated carbocycles. The zero-order valence-corrected chi connectivity index (χ0v) is 16.1. The molecule has 0 aliphatic carbocycles. The van der Waals surface area contributed by atoms with Gasteiger partial charge in [-0.2, -0.15) is 0 Å². The summed E-state index contributed by atoms with van der Waals surface area (Å²) in [5, 5.41) is 0.235. The molecule has 21 heavy (non-hydrogen) atoms. The minimum Gasteiger partial charge on any atom is -0.414 e. The molecule has 0 N–H and O–H groups in total. The molecule has 0 unspecified atom stereocenters. The highest BCUT2D eigenvalue weighted by Crippen LogP contribution is 2.36. The van der Waals surface area contributed by atoms with Gasteiger partial charge >= 0.3 is 0 Å². The third-order valence-electron chi connectivity index (χ3n) is 3.61. The lowest BCUT2D eigenvalue weighted by molar-refractivity contribution is 0.118. The molecule has 1 aromatic rings. The smallest absolute Gasteiger partial charge is 0.192 e. The molecule has 0 aliphatic rings. The maximum absolute atomic E-state index is 6.02. The largest absolute Gasteiger partial charge is 0.414 e. The minimum atomic E-state index is -1.66. The first kappa shape index (κ1) is 18.4. The predicted octanol–water partition coefficient (Wildman–Crippen LogP) is 4.23. The maximum atomic E-state index is 6.02. The molecular weight excluding hydrogens is 346 g/mol. The lowest BCUT2D eigenvalue weighted by Gasteiger charge is -2.36. The van der Waals surface area contributed by atoms with Crippen molar-refractivity contribution in [2.45, 2.75) is 38.9 Å². The molecule has 0 saturated heterocycles. The van der Waals surface area contributed by atoms with E-state index in [2.05, 4.69) is 66.6 Å². The highest BCUT2D eigenvalue weighted by molar-refractivity contribution is 9.10. The molecule has 0 radical (unpaired) electrons. The average Bonchev–Trinajstić information content (AvgIpc) is 2.36. The van der Waals surface area contributed by atoms with Crippen LogP contribution in [0.1, 0.15) is 26.5 Å². The van der Waals surface area contributed by atoms with Gasteiger partial charge < -0.3 is 9.16 Å². The summed E-state index contributed by atoms with van der Waals surface area (Å²) in [7, 11) is -1.66. The van der Waals surface area contributed by atoms with E-state index in [9.17, 15) is 0 Å². The van der Waals surface area contributed by atoms with Crippen molar-refractivity contribution in [2.24, 2.45) is 0 Å². The fourth-order valence-corrected chi connectivity index (χ4v) is 2.66. The zero-order chi connectivity index (χ0) is 15.9. The number of ether oxygens (including phenoxy) is 1. The topological polar surface area (TPSA) is 31.4 Å². The quantitative estimate of drug-likeness (QED) is 0.442. The zero-order valence-electron chi connectivity index (χ0n) is 13.5. The van der Waals surface area contributed by atoms with E-state index in [1.54, 1.807) is 6.20 Å². The lowest BCUT2D eigenvalue weighted by atomic mass is 10.2. The Kier molecular flexibility index (Phi) is 7.08. The molecule has 3 nitrogen and oxygen atoms in total. The standard InChI is InChI=1S/C16H24BrNO2Si/c1-16(2,3)21(4,5)20-12-11-19-10-6-7-15-13-14(17)8-9-18-15/h8-9,13H,10-12H2,1-5H3. The Morgan fingerprint density at radius 1 is 1.29 bits per heavy atom. The molecule has 0 aliphatic heterocycles. The lowest BCUT2D eigenvalue weighted by Crippen LogP contribution is -2.41. The SMILES string of the molecule is CC(C)(C)[Si](C)(C)OCCOCC#Cc1cc(Br)ccn1. The molecule has 0 fully saturated rings. The van der Waals surface area contributed by atoms with Gasteiger partial charge in [0.15, 0.2) is 8.32 Å². The van der Waals surface area contributed by atoms with Crippen LogP contribution in [0, 0.1) is 11.8 Å². The molecule has 0 bridgehead atoms. The first-order valence-electron chi connectivity index (χ1n) is 7.04. The molecule has 1 heterocycles. The second-order valence-electron chi connectivity index (χ2n) is 6.32. The number of pyridine rings is 1. The van der Waals surface area contributed by atoms with Crippen LogP contribution in [0.5, 0.6) is 0 Å². The number of rotatable bonds is 5. The number of hydrogen-bond acceptors (Lipinski definition) is 3. The summed E-state index contributed by atoms with van der Waals surface area (Å²) < 4.78 is 12.5. The Labute approximate surface area is 137 Å². The van der Waals surface area contributed by atoms with Crippen molar-refractivity contribution in [3.8, 4) is 11.8 Å². The van der Waals surface area contributed by atoms with Gasteiger partial charge in [-0.3, -0.25) is 0 Å². The van der Waals surface area contributed by atoms with Crippen LogP contribution in [0.3, 0.4) is 0 Å². The van der Waals surface area contributed by atoms with Gasteiger partial charge in [0.1, 0.15) is 12.3 Å². The van der Waals surface area contributed by atoms with Crippen LogP contribution in [0.4, 0.5) is 0 Å². The van der Waals surface area contributed by atoms with Crippen molar-refractivity contribution >= 4 is 24.2 Å². The fourth-order valence-electron chi connectivity index (χ4n) is 1.30. The first-order valence-corrected chi connectivity index (χ1v) is 10.7. The maximum Gasteiger partial charge on any atom is 0.192 e. The van der Waals surface area contributed by atoms with Gasteiger partial charge in [-0.05, 0) is 36.2 Å². The summed E-state index contributed by atoms with van der Waals surface area (Å²) in [5.74, 6) is 5.93. The Morgan fingerprint density at radius 3 is 2.62 bits per heavy atom. The van der Waals surface area contributed by atoms with E-state index < -0.39 is 8.32 Å². The van der Waals surface area contributed by atoms with E-state index in [1.165, 1.54) is 0 Å². The molecule has 0 aromatic carbocycles. The Morgan fingerprint density at radius 2 is 2.00 bits per heavy atom. The fraction of sp³-hybridized carbons (Fsp3) is 0.562. The first-order chi connectivity index (χ1) is 9.72. The van der Waals surface area contributed by atoms with Crippen molar-refractivity contribution in [1.29, 1.82) is 0 Å². The van der Waals surface area contributed by atoms with Crippen LogP contribution in [0.15, 0.2) is 22.8 Å². The summed E-state index contributed by atoms with van der Waals surface area (Å²) in [6.45, 7) is 12.8. The molecule has 1 aromatic heterocycles. The third-order valence-corrected chi connectivity index (χ3v) is 8.64. The van der Waals surface area contributed by atoms with Crippen LogP contribution in [0.2, 0.25) is 18.1 Å². The van der Waals surface area contributed by atoms with E-state index in [4.69, 9.17) is 9.16 Å². The molecule has 0 spiro atoms. The van der Waals surface area contributed by atoms with Crippen molar-refractivity contribution < 1.29 is 9.16 Å². The van der Waals surface area contributed by atoms with Crippen molar-refractivity contribution in [3.63, 3.8) is 0 Å². The van der Waals surface area contributed by atoms with E-state index >= 15 is 0 Å². The second-order valence-corrected chi connectivity index (χ2v) is 12.0. The molecule has 0 amide bonds. The van der Waals surface area contributed by atoms with Gasteiger partial charge in [0.2, 0.25) is 0 Å². The predicted molar refractivity (Wildman–Crippen MR) is 92.8 cm³/mol. The van der Waals surface area contributed by atoms with Crippen LogP contribution in [-0.4, -0.2) is 33.1 Å². The van der Waals surface area contributed by atoms with Gasteiger partial charge in [-0.1, -0.05) is 42.6 Å². The van der Waals surface area contributed by atoms with Gasteiger partial charge in [0.05, 0.1) is 13.2 Å². The van der Waals surface area contributed by atoms with Gasteiger partial charge in [0, 0.05) is 10.7 Å². The highest BCUT2D eigenvalue weighted by Gasteiger charge is 2.36. The minimum absolute atomic E-state index is 0.235. The summed E-state index contributed by atoms with van der Waals surface area (Å²) in [6.07, 6.45) is 1.72. The number of aromatic nitrogens is 1. The number of hydrogen-bond donors (Lipinski definition) is 0. The average molecular weight is 370 g/mol. The molecular formula is C16H24BrNO2Si. The van der Waals surface area contributed by atoms with Crippen molar-refractivity contribution in [1.82, 2.24) is 4.98 Å². The van der Waals surface area contributed by atoms with Crippen LogP contribution in [0.25, 0.3) is 0 Å². The Bertz CT molecular complexity index is 515. The summed E-state index contributed by atoms with van der Waals surface area (Å²) in [4.78, 5) is 4.15. The third kappa shape index (κ3) is 6.75. The van der Waals surface area contributed by atoms with E-state index in [-0.39, 0.29) is 5.04 Å². The molecule has 116 valence electrons. The summed E-state index contributed by atoms with van der Waals surface area (Å²) in [6, 6.07) is 3.76. The normalized spacial score (nSPS) is 11.9. The highest BCUT2D eigenvalue weighted by atomic mass is 79.9. The summed E-state index contributed by atoms with van der Waals surface area (Å²) in [5.41, 5.74) is 0.741. The van der Waals surface area contributed by atoms with E-state index in [0.29, 0.717) is 19.8 Å². The van der Waals surface area contributed by atoms with Crippen molar-refractivity contribution in [2.75, 3.05) is 19.8 Å².